The lowest BCUT2D eigenvalue weighted by Gasteiger charge is -2.40. The van der Waals surface area contributed by atoms with Gasteiger partial charge in [-0.1, -0.05) is 63.8 Å². The molecule has 0 spiro atoms. The predicted octanol–water partition coefficient (Wildman–Crippen LogP) is 5.33. The molecule has 1 amide bonds. The van der Waals surface area contributed by atoms with Crippen molar-refractivity contribution in [2.24, 2.45) is 5.92 Å². The van der Waals surface area contributed by atoms with Gasteiger partial charge in [-0.15, -0.1) is 0 Å². The summed E-state index contributed by atoms with van der Waals surface area (Å²) < 4.78 is 11.9. The van der Waals surface area contributed by atoms with Crippen LogP contribution < -0.4 is 0 Å². The lowest BCUT2D eigenvalue weighted by atomic mass is 9.88. The first kappa shape index (κ1) is 35.8. The van der Waals surface area contributed by atoms with E-state index in [-0.39, 0.29) is 31.1 Å². The second kappa shape index (κ2) is 17.2. The van der Waals surface area contributed by atoms with Crippen LogP contribution in [0.1, 0.15) is 97.1 Å². The third-order valence-electron chi connectivity index (χ3n) is 9.73. The molecule has 254 valence electrons. The van der Waals surface area contributed by atoms with Crippen molar-refractivity contribution in [3.8, 4) is 0 Å². The van der Waals surface area contributed by atoms with Crippen molar-refractivity contribution in [3.05, 3.63) is 60.0 Å². The van der Waals surface area contributed by atoms with Gasteiger partial charge in [0.15, 0.2) is 6.10 Å². The molecule has 2 aliphatic heterocycles. The Morgan fingerprint density at radius 2 is 1.85 bits per heavy atom. The number of hydrogen-bond acceptors (Lipinski definition) is 9. The van der Waals surface area contributed by atoms with E-state index in [1.54, 1.807) is 24.1 Å². The molecule has 2 N–H and O–H groups in total. The van der Waals surface area contributed by atoms with Crippen LogP contribution in [0.5, 0.6) is 0 Å². The monoisotopic (exact) mass is 638 g/mol. The van der Waals surface area contributed by atoms with E-state index in [0.717, 1.165) is 24.4 Å². The smallest absolute Gasteiger partial charge is 0.410 e. The summed E-state index contributed by atoms with van der Waals surface area (Å²) in [5.74, 6) is -0.766. The normalized spacial score (nSPS) is 31.3. The number of hydrogen-bond donors (Lipinski definition) is 2. The molecule has 1 unspecified atom stereocenters. The maximum Gasteiger partial charge on any atom is 0.410 e. The van der Waals surface area contributed by atoms with E-state index in [4.69, 9.17) is 9.47 Å². The summed E-state index contributed by atoms with van der Waals surface area (Å²) in [6, 6.07) is 4.36. The molecule has 3 heterocycles. The summed E-state index contributed by atoms with van der Waals surface area (Å²) in [4.78, 5) is 30.5. The number of aromatic nitrogens is 2. The number of cyclic esters (lactones) is 1. The summed E-state index contributed by atoms with van der Waals surface area (Å²) in [5, 5.41) is 30.2. The average Bonchev–Trinajstić information content (AvgIpc) is 3.34. The van der Waals surface area contributed by atoms with Gasteiger partial charge in [-0.05, 0) is 63.3 Å². The van der Waals surface area contributed by atoms with Gasteiger partial charge in [0.25, 0.3) is 0 Å². The molecule has 4 rings (SSSR count). The van der Waals surface area contributed by atoms with Gasteiger partial charge < -0.3 is 24.6 Å². The highest BCUT2D eigenvalue weighted by molar-refractivity contribution is 5.70. The zero-order valence-electron chi connectivity index (χ0n) is 28.1. The van der Waals surface area contributed by atoms with Gasteiger partial charge in [-0.3, -0.25) is 9.69 Å². The summed E-state index contributed by atoms with van der Waals surface area (Å²) in [6.07, 6.45) is 15.7. The van der Waals surface area contributed by atoms with Crippen molar-refractivity contribution < 1.29 is 29.3 Å². The molecule has 10 heteroatoms. The molecule has 1 aromatic heterocycles. The van der Waals surface area contributed by atoms with Crippen LogP contribution in [0.4, 0.5) is 4.79 Å². The van der Waals surface area contributed by atoms with E-state index < -0.39 is 36.0 Å². The van der Waals surface area contributed by atoms with Crippen LogP contribution >= 0.6 is 0 Å². The van der Waals surface area contributed by atoms with Crippen molar-refractivity contribution in [2.45, 2.75) is 121 Å². The highest BCUT2D eigenvalue weighted by Crippen LogP contribution is 2.28. The van der Waals surface area contributed by atoms with Crippen LogP contribution in [0, 0.1) is 5.92 Å². The number of carbonyl (C=O) groups excluding carboxylic acids is 2. The van der Waals surface area contributed by atoms with Gasteiger partial charge >= 0.3 is 12.1 Å². The fraction of sp³-hybridized carbons (Fsp3) is 0.667. The fourth-order valence-electron chi connectivity index (χ4n) is 6.65. The van der Waals surface area contributed by atoms with Gasteiger partial charge in [-0.25, -0.2) is 4.79 Å². The van der Waals surface area contributed by atoms with Crippen molar-refractivity contribution in [3.63, 3.8) is 0 Å². The molecule has 1 saturated heterocycles. The third kappa shape index (κ3) is 10.5. The molecule has 0 aromatic carbocycles. The highest BCUT2D eigenvalue weighted by atomic mass is 16.6. The topological polar surface area (TPSA) is 125 Å². The number of rotatable bonds is 6. The second-order valence-electron chi connectivity index (χ2n) is 13.6. The van der Waals surface area contributed by atoms with Crippen LogP contribution in [-0.4, -0.2) is 98.4 Å². The molecule has 46 heavy (non-hydrogen) atoms. The van der Waals surface area contributed by atoms with Crippen LogP contribution in [0.3, 0.4) is 0 Å². The Hall–Kier alpha value is -3.08. The Morgan fingerprint density at radius 3 is 2.52 bits per heavy atom. The number of piperazine rings is 1. The number of nitrogens with zero attached hydrogens (tertiary/aromatic N) is 4. The first-order chi connectivity index (χ1) is 22.0. The lowest BCUT2D eigenvalue weighted by Crippen LogP contribution is -2.53. The fourth-order valence-corrected chi connectivity index (χ4v) is 6.65. The van der Waals surface area contributed by atoms with Gasteiger partial charge in [0.2, 0.25) is 0 Å². The van der Waals surface area contributed by atoms with E-state index in [9.17, 15) is 19.8 Å². The zero-order valence-corrected chi connectivity index (χ0v) is 28.1. The molecule has 2 fully saturated rings. The molecular weight excluding hydrogens is 584 g/mol. The zero-order chi connectivity index (χ0) is 33.1. The summed E-state index contributed by atoms with van der Waals surface area (Å²) in [7, 11) is 0. The molecule has 10 nitrogen and oxygen atoms in total. The minimum atomic E-state index is -1.45. The Bertz CT molecular complexity index is 1200. The van der Waals surface area contributed by atoms with E-state index in [0.29, 0.717) is 19.1 Å². The molecule has 0 bridgehead atoms. The summed E-state index contributed by atoms with van der Waals surface area (Å²) in [6.45, 7) is 10.3. The van der Waals surface area contributed by atoms with Gasteiger partial charge in [0.1, 0.15) is 11.7 Å². The predicted molar refractivity (Wildman–Crippen MR) is 177 cm³/mol. The number of aliphatic hydroxyl groups excluding tert-OH is 1. The third-order valence-corrected chi connectivity index (χ3v) is 9.73. The van der Waals surface area contributed by atoms with Crippen LogP contribution in [0.25, 0.3) is 0 Å². The van der Waals surface area contributed by atoms with Gasteiger partial charge in [-0.2, -0.15) is 10.2 Å². The average molecular weight is 639 g/mol. The van der Waals surface area contributed by atoms with Crippen molar-refractivity contribution in [2.75, 3.05) is 26.2 Å². The van der Waals surface area contributed by atoms with Gasteiger partial charge in [0, 0.05) is 50.3 Å². The number of aliphatic hydroxyl groups is 2. The number of allylic oxidation sites excluding steroid dienone is 3. The molecule has 6 atom stereocenters. The quantitative estimate of drug-likeness (QED) is 0.184. The van der Waals surface area contributed by atoms with Crippen LogP contribution in [-0.2, 0) is 14.3 Å². The Balaban J connectivity index is 1.45. The summed E-state index contributed by atoms with van der Waals surface area (Å²) >= 11 is 0. The SMILES string of the molecule is C/C(=C\C=C\C(C)c1cccnn1)[C@H]1OC(=O)C[C@H](O)CC[C@@](C)(O)[C@@H](OC(=O)N2CCN(C3CCCCCC3)CC2)/C=C\[C@@H]1C. The maximum absolute atomic E-state index is 13.4. The van der Waals surface area contributed by atoms with Crippen LogP contribution in [0.15, 0.2) is 54.3 Å². The Morgan fingerprint density at radius 1 is 1.13 bits per heavy atom. The number of carbonyl (C=O) groups is 2. The molecule has 0 radical (unpaired) electrons. The Labute approximate surface area is 274 Å². The lowest BCUT2D eigenvalue weighted by molar-refractivity contribution is -0.151. The number of ether oxygens (including phenoxy) is 2. The second-order valence-corrected chi connectivity index (χ2v) is 13.6. The minimum Gasteiger partial charge on any atom is -0.457 e. The van der Waals surface area contributed by atoms with Crippen molar-refractivity contribution >= 4 is 12.1 Å². The molecule has 3 aliphatic rings. The Kier molecular flexibility index (Phi) is 13.4. The number of esters is 1. The highest BCUT2D eigenvalue weighted by Gasteiger charge is 2.37. The maximum atomic E-state index is 13.4. The van der Waals surface area contributed by atoms with Crippen molar-refractivity contribution in [1.29, 1.82) is 0 Å². The molecule has 1 saturated carbocycles. The largest absolute Gasteiger partial charge is 0.457 e. The molecular formula is C36H54N4O6. The van der Waals surface area contributed by atoms with E-state index in [1.165, 1.54) is 38.5 Å². The first-order valence-electron chi connectivity index (χ1n) is 17.1. The van der Waals surface area contributed by atoms with Crippen molar-refractivity contribution in [1.82, 2.24) is 20.0 Å². The van der Waals surface area contributed by atoms with E-state index in [2.05, 4.69) is 15.1 Å². The first-order valence-corrected chi connectivity index (χ1v) is 17.1. The molecule has 1 aromatic rings. The van der Waals surface area contributed by atoms with Gasteiger partial charge in [0.05, 0.1) is 18.2 Å². The summed E-state index contributed by atoms with van der Waals surface area (Å²) in [5.41, 5.74) is 0.214. The minimum absolute atomic E-state index is 0.0431. The van der Waals surface area contributed by atoms with Crippen LogP contribution in [0.2, 0.25) is 0 Å². The van der Waals surface area contributed by atoms with E-state index >= 15 is 0 Å². The molecule has 1 aliphatic carbocycles. The van der Waals surface area contributed by atoms with E-state index in [1.807, 2.05) is 57.2 Å². The number of amides is 1. The standard InChI is InChI=1S/C36H54N4O6/c1-26(31-15-10-20-37-38-31)11-9-12-27(2)34-28(3)16-17-32(36(4,44)19-18-30(41)25-33(42)46-34)45-35(43)40-23-21-39(22-24-40)29-13-7-5-6-8-14-29/h9-12,15-17,20,26,28-30,32,34,41,44H,5-8,13-14,18-19,21-25H2,1-4H3/b11-9+,17-16-,27-12+/t26?,28-,30+,32-,34+,36+/m0/s1.